The summed E-state index contributed by atoms with van der Waals surface area (Å²) in [6.45, 7) is 0.865. The average Bonchev–Trinajstić information content (AvgIpc) is 2.98. The van der Waals surface area contributed by atoms with Crippen LogP contribution in [0.2, 0.25) is 5.02 Å². The van der Waals surface area contributed by atoms with E-state index in [0.29, 0.717) is 23.9 Å². The van der Waals surface area contributed by atoms with E-state index in [0.717, 1.165) is 16.7 Å². The zero-order valence-electron chi connectivity index (χ0n) is 15.6. The molecule has 1 atom stereocenters. The molecule has 0 fully saturated rings. The maximum atomic E-state index is 10.8. The Labute approximate surface area is 201 Å². The number of aromatic nitrogens is 1. The number of nitrogens with one attached hydrogen (secondary N) is 1. The first-order valence-corrected chi connectivity index (χ1v) is 11.6. The van der Waals surface area contributed by atoms with Crippen LogP contribution < -0.4 is 10.1 Å². The summed E-state index contributed by atoms with van der Waals surface area (Å²) in [5, 5.41) is 17.1. The van der Waals surface area contributed by atoms with E-state index in [4.69, 9.17) is 16.3 Å². The SMILES string of the molecule is COc1ccc(Cl)cc1NC[C@@H](O)Cn1c2ccc(I)cc2c2cc(I)ccc21. The van der Waals surface area contributed by atoms with Crippen molar-refractivity contribution in [3.05, 3.63) is 66.8 Å². The summed E-state index contributed by atoms with van der Waals surface area (Å²) < 4.78 is 9.95. The fourth-order valence-electron chi connectivity index (χ4n) is 3.57. The second-order valence-electron chi connectivity index (χ2n) is 6.81. The van der Waals surface area contributed by atoms with Crippen LogP contribution in [0.5, 0.6) is 5.75 Å². The van der Waals surface area contributed by atoms with E-state index in [1.165, 1.54) is 17.9 Å². The number of anilines is 1. The molecule has 3 aromatic carbocycles. The maximum Gasteiger partial charge on any atom is 0.142 e. The summed E-state index contributed by atoms with van der Waals surface area (Å²) in [7, 11) is 1.62. The van der Waals surface area contributed by atoms with E-state index in [1.807, 2.05) is 6.07 Å². The molecule has 0 spiro atoms. The van der Waals surface area contributed by atoms with Crippen LogP contribution in [0.3, 0.4) is 0 Å². The normalized spacial score (nSPS) is 12.4. The van der Waals surface area contributed by atoms with Gasteiger partial charge >= 0.3 is 0 Å². The predicted molar refractivity (Wildman–Crippen MR) is 137 cm³/mol. The molecule has 7 heteroatoms. The number of hydrogen-bond acceptors (Lipinski definition) is 3. The fourth-order valence-corrected chi connectivity index (χ4v) is 4.72. The minimum atomic E-state index is -0.587. The molecule has 4 rings (SSSR count). The summed E-state index contributed by atoms with van der Waals surface area (Å²) in [4.78, 5) is 0. The molecule has 0 aliphatic heterocycles. The molecule has 0 saturated carbocycles. The van der Waals surface area contributed by atoms with Crippen LogP contribution in [-0.2, 0) is 6.54 Å². The van der Waals surface area contributed by atoms with Gasteiger partial charge in [0.05, 0.1) is 25.4 Å². The molecule has 4 aromatic rings. The van der Waals surface area contributed by atoms with Crippen LogP contribution in [0.4, 0.5) is 5.69 Å². The van der Waals surface area contributed by atoms with Gasteiger partial charge in [0.15, 0.2) is 0 Å². The zero-order valence-corrected chi connectivity index (χ0v) is 20.7. The Bertz CT molecular complexity index is 1130. The van der Waals surface area contributed by atoms with E-state index in [-0.39, 0.29) is 0 Å². The first-order chi connectivity index (χ1) is 14.0. The van der Waals surface area contributed by atoms with Gasteiger partial charge in [0.2, 0.25) is 0 Å². The van der Waals surface area contributed by atoms with Crippen molar-refractivity contribution in [2.24, 2.45) is 0 Å². The van der Waals surface area contributed by atoms with Crippen LogP contribution >= 0.6 is 56.8 Å². The van der Waals surface area contributed by atoms with Crippen LogP contribution in [0.1, 0.15) is 0 Å². The first-order valence-electron chi connectivity index (χ1n) is 9.09. The lowest BCUT2D eigenvalue weighted by atomic mass is 10.2. The predicted octanol–water partition coefficient (Wildman–Crippen LogP) is 6.14. The highest BCUT2D eigenvalue weighted by Crippen LogP contribution is 2.32. The lowest BCUT2D eigenvalue weighted by Gasteiger charge is -2.17. The van der Waals surface area contributed by atoms with Crippen molar-refractivity contribution in [3.8, 4) is 5.75 Å². The van der Waals surface area contributed by atoms with E-state index >= 15 is 0 Å². The van der Waals surface area contributed by atoms with Gasteiger partial charge in [-0.2, -0.15) is 0 Å². The van der Waals surface area contributed by atoms with Gasteiger partial charge in [0.25, 0.3) is 0 Å². The summed E-state index contributed by atoms with van der Waals surface area (Å²) in [5.41, 5.74) is 3.02. The Hall–Kier alpha value is -1.23. The summed E-state index contributed by atoms with van der Waals surface area (Å²) in [6, 6.07) is 18.3. The van der Waals surface area contributed by atoms with Crippen molar-refractivity contribution in [2.75, 3.05) is 19.0 Å². The third kappa shape index (κ3) is 4.45. The molecule has 29 heavy (non-hydrogen) atoms. The minimum Gasteiger partial charge on any atom is -0.495 e. The molecule has 0 saturated heterocycles. The Kier molecular flexibility index (Phi) is 6.43. The van der Waals surface area contributed by atoms with Crippen LogP contribution in [0.25, 0.3) is 21.8 Å². The average molecular weight is 633 g/mol. The molecule has 0 unspecified atom stereocenters. The van der Waals surface area contributed by atoms with Gasteiger partial charge in [-0.15, -0.1) is 0 Å². The molecule has 0 aliphatic rings. The number of rotatable bonds is 6. The molecule has 0 amide bonds. The number of halogens is 3. The molecule has 4 nitrogen and oxygen atoms in total. The van der Waals surface area contributed by atoms with Crippen molar-refractivity contribution in [3.63, 3.8) is 0 Å². The lowest BCUT2D eigenvalue weighted by molar-refractivity contribution is 0.169. The Morgan fingerprint density at radius 1 is 1.00 bits per heavy atom. The molecule has 2 N–H and O–H groups in total. The van der Waals surface area contributed by atoms with E-state index in [2.05, 4.69) is 91.5 Å². The largest absolute Gasteiger partial charge is 0.495 e. The number of methoxy groups -OCH3 is 1. The van der Waals surface area contributed by atoms with Crippen molar-refractivity contribution >= 4 is 84.3 Å². The fraction of sp³-hybridized carbons (Fsp3) is 0.182. The van der Waals surface area contributed by atoms with Gasteiger partial charge in [0.1, 0.15) is 5.75 Å². The number of nitrogens with zero attached hydrogens (tertiary/aromatic N) is 1. The van der Waals surface area contributed by atoms with Gasteiger partial charge in [-0.1, -0.05) is 11.6 Å². The quantitative estimate of drug-likeness (QED) is 0.251. The molecular formula is C22H19ClI2N2O2. The molecule has 0 bridgehead atoms. The van der Waals surface area contributed by atoms with Crippen LogP contribution in [-0.4, -0.2) is 29.4 Å². The second kappa shape index (κ2) is 8.87. The number of hydrogen-bond donors (Lipinski definition) is 2. The van der Waals surface area contributed by atoms with Gasteiger partial charge in [-0.05, 0) is 99.8 Å². The van der Waals surface area contributed by atoms with Crippen molar-refractivity contribution in [1.82, 2.24) is 4.57 Å². The smallest absolute Gasteiger partial charge is 0.142 e. The minimum absolute atomic E-state index is 0.382. The number of aliphatic hydroxyl groups excluding tert-OH is 1. The number of ether oxygens (including phenoxy) is 1. The van der Waals surface area contributed by atoms with E-state index in [1.54, 1.807) is 19.2 Å². The first kappa shape index (κ1) is 21.0. The second-order valence-corrected chi connectivity index (χ2v) is 9.74. The highest BCUT2D eigenvalue weighted by molar-refractivity contribution is 14.1. The van der Waals surface area contributed by atoms with Gasteiger partial charge < -0.3 is 19.7 Å². The number of aliphatic hydroxyl groups is 1. The highest BCUT2D eigenvalue weighted by atomic mass is 127. The van der Waals surface area contributed by atoms with E-state index in [9.17, 15) is 5.11 Å². The van der Waals surface area contributed by atoms with Crippen LogP contribution in [0, 0.1) is 7.14 Å². The van der Waals surface area contributed by atoms with Crippen molar-refractivity contribution in [1.29, 1.82) is 0 Å². The van der Waals surface area contributed by atoms with Crippen molar-refractivity contribution < 1.29 is 9.84 Å². The number of benzene rings is 3. The lowest BCUT2D eigenvalue weighted by Crippen LogP contribution is -2.25. The molecular weight excluding hydrogens is 614 g/mol. The van der Waals surface area contributed by atoms with Gasteiger partial charge in [-0.3, -0.25) is 0 Å². The molecule has 150 valence electrons. The third-order valence-electron chi connectivity index (χ3n) is 4.87. The Morgan fingerprint density at radius 3 is 2.21 bits per heavy atom. The molecule has 0 radical (unpaired) electrons. The van der Waals surface area contributed by atoms with Crippen LogP contribution in [0.15, 0.2) is 54.6 Å². The van der Waals surface area contributed by atoms with Gasteiger partial charge in [0, 0.05) is 40.5 Å². The highest BCUT2D eigenvalue weighted by Gasteiger charge is 2.15. The zero-order chi connectivity index (χ0) is 20.5. The molecule has 1 aromatic heterocycles. The Morgan fingerprint density at radius 2 is 1.62 bits per heavy atom. The standard InChI is InChI=1S/C22H19ClI2N2O2/c1-29-22-7-2-13(23)8-19(22)26-11-16(28)12-27-20-5-3-14(24)9-17(20)18-10-15(25)4-6-21(18)27/h2-10,16,26,28H,11-12H2,1H3/t16-/m1/s1. The Balaban J connectivity index is 1.63. The van der Waals surface area contributed by atoms with E-state index < -0.39 is 6.10 Å². The van der Waals surface area contributed by atoms with Crippen molar-refractivity contribution in [2.45, 2.75) is 12.6 Å². The number of fused-ring (bicyclic) bond motifs is 3. The van der Waals surface area contributed by atoms with Gasteiger partial charge in [-0.25, -0.2) is 0 Å². The molecule has 0 aliphatic carbocycles. The topological polar surface area (TPSA) is 46.4 Å². The monoisotopic (exact) mass is 632 g/mol. The summed E-state index contributed by atoms with van der Waals surface area (Å²) in [6.07, 6.45) is -0.587. The molecule has 1 heterocycles. The summed E-state index contributed by atoms with van der Waals surface area (Å²) in [5.74, 6) is 0.697. The third-order valence-corrected chi connectivity index (χ3v) is 6.45. The summed E-state index contributed by atoms with van der Waals surface area (Å²) >= 11 is 10.8. The maximum absolute atomic E-state index is 10.8.